The molecule has 0 unspecified atom stereocenters. The lowest BCUT2D eigenvalue weighted by Gasteiger charge is -2.05. The van der Waals surface area contributed by atoms with E-state index in [1.807, 2.05) is 0 Å². The fraction of sp³-hybridized carbons (Fsp3) is 0.444. The fourth-order valence-corrected chi connectivity index (χ4v) is 1.38. The van der Waals surface area contributed by atoms with Crippen LogP contribution in [0.15, 0.2) is 23.4 Å². The van der Waals surface area contributed by atoms with Crippen molar-refractivity contribution in [3.8, 4) is 0 Å². The monoisotopic (exact) mass is 182 g/mol. The van der Waals surface area contributed by atoms with Gasteiger partial charge in [-0.3, -0.25) is 0 Å². The van der Waals surface area contributed by atoms with Crippen LogP contribution in [-0.2, 0) is 19.0 Å². The van der Waals surface area contributed by atoms with Crippen molar-refractivity contribution in [2.45, 2.75) is 12.8 Å². The Labute approximate surface area is 75.8 Å². The molecule has 0 atom stereocenters. The minimum absolute atomic E-state index is 0.394. The smallest absolute Gasteiger partial charge is 0.340 e. The predicted octanol–water partition coefficient (Wildman–Crippen LogP) is 1.10. The Balaban J connectivity index is 2.29. The van der Waals surface area contributed by atoms with Gasteiger partial charge in [-0.2, -0.15) is 0 Å². The molecule has 2 aliphatic heterocycles. The zero-order valence-corrected chi connectivity index (χ0v) is 7.33. The molecule has 4 heteroatoms. The van der Waals surface area contributed by atoms with E-state index in [9.17, 15) is 4.79 Å². The molecule has 0 radical (unpaired) electrons. The highest BCUT2D eigenvalue weighted by molar-refractivity contribution is 5.87. The summed E-state index contributed by atoms with van der Waals surface area (Å²) in [6.45, 7) is 0.688. The second-order valence-electron chi connectivity index (χ2n) is 2.84. The first-order valence-corrected chi connectivity index (χ1v) is 4.15. The average Bonchev–Trinajstić information content (AvgIpc) is 2.71. The van der Waals surface area contributed by atoms with Gasteiger partial charge in [-0.15, -0.1) is 0 Å². The van der Waals surface area contributed by atoms with Crippen LogP contribution in [0.25, 0.3) is 0 Å². The lowest BCUT2D eigenvalue weighted by Crippen LogP contribution is -1.97. The molecule has 0 aromatic heterocycles. The number of allylic oxidation sites excluding steroid dienone is 1. The number of hydrogen-bond donors (Lipinski definition) is 0. The number of carbonyl (C=O) groups excluding carboxylic acids is 1. The number of cyclic esters (lactones) is 1. The van der Waals surface area contributed by atoms with Gasteiger partial charge in [0.05, 0.1) is 19.8 Å². The van der Waals surface area contributed by atoms with E-state index >= 15 is 0 Å². The zero-order chi connectivity index (χ0) is 9.26. The van der Waals surface area contributed by atoms with Gasteiger partial charge in [0.2, 0.25) is 5.76 Å². The number of ether oxygens (including phenoxy) is 3. The van der Waals surface area contributed by atoms with Crippen LogP contribution in [0.4, 0.5) is 0 Å². The van der Waals surface area contributed by atoms with Gasteiger partial charge in [0.15, 0.2) is 5.76 Å². The Morgan fingerprint density at radius 3 is 3.00 bits per heavy atom. The molecule has 2 rings (SSSR count). The minimum atomic E-state index is -0.394. The highest BCUT2D eigenvalue weighted by atomic mass is 16.6. The summed E-state index contributed by atoms with van der Waals surface area (Å²) >= 11 is 0. The molecule has 0 bridgehead atoms. The first-order chi connectivity index (χ1) is 6.31. The number of methoxy groups -OCH3 is 1. The standard InChI is InChI=1S/C9H10O4/c1-11-7-5-8(10)13-9(7)6-3-2-4-12-6/h5H,2-4H2,1H3/b9-6-. The van der Waals surface area contributed by atoms with Crippen molar-refractivity contribution in [3.05, 3.63) is 23.4 Å². The molecule has 0 aromatic rings. The van der Waals surface area contributed by atoms with Crippen LogP contribution in [0, 0.1) is 0 Å². The molecule has 0 amide bonds. The van der Waals surface area contributed by atoms with E-state index in [0.717, 1.165) is 18.6 Å². The van der Waals surface area contributed by atoms with Crippen molar-refractivity contribution in [2.75, 3.05) is 13.7 Å². The molecule has 0 saturated carbocycles. The van der Waals surface area contributed by atoms with Crippen LogP contribution >= 0.6 is 0 Å². The Kier molecular flexibility index (Phi) is 1.96. The summed E-state index contributed by atoms with van der Waals surface area (Å²) < 4.78 is 15.2. The van der Waals surface area contributed by atoms with E-state index in [2.05, 4.69) is 0 Å². The molecule has 1 fully saturated rings. The molecule has 2 heterocycles. The summed E-state index contributed by atoms with van der Waals surface area (Å²) in [7, 11) is 1.50. The summed E-state index contributed by atoms with van der Waals surface area (Å²) in [5.74, 6) is 1.24. The number of carbonyl (C=O) groups is 1. The van der Waals surface area contributed by atoms with E-state index in [1.165, 1.54) is 13.2 Å². The van der Waals surface area contributed by atoms with Crippen LogP contribution < -0.4 is 0 Å². The first-order valence-electron chi connectivity index (χ1n) is 4.15. The van der Waals surface area contributed by atoms with Gasteiger partial charge in [0, 0.05) is 6.42 Å². The summed E-state index contributed by atoms with van der Waals surface area (Å²) in [5.41, 5.74) is 0. The molecule has 0 N–H and O–H groups in total. The summed E-state index contributed by atoms with van der Waals surface area (Å²) in [5, 5.41) is 0. The maximum atomic E-state index is 10.9. The molecule has 70 valence electrons. The van der Waals surface area contributed by atoms with Crippen molar-refractivity contribution >= 4 is 5.97 Å². The Morgan fingerprint density at radius 1 is 1.54 bits per heavy atom. The Hall–Kier alpha value is -1.45. The van der Waals surface area contributed by atoms with Gasteiger partial charge < -0.3 is 14.2 Å². The molecular formula is C9H10O4. The minimum Gasteiger partial charge on any atom is -0.494 e. The third-order valence-corrected chi connectivity index (χ3v) is 1.97. The molecule has 2 aliphatic rings. The van der Waals surface area contributed by atoms with Gasteiger partial charge in [0.1, 0.15) is 5.76 Å². The number of rotatable bonds is 1. The van der Waals surface area contributed by atoms with E-state index in [0.29, 0.717) is 18.1 Å². The van der Waals surface area contributed by atoms with Crippen LogP contribution in [-0.4, -0.2) is 19.7 Å². The topological polar surface area (TPSA) is 44.8 Å². The summed E-state index contributed by atoms with van der Waals surface area (Å²) in [6, 6.07) is 0. The molecule has 4 nitrogen and oxygen atoms in total. The second kappa shape index (κ2) is 3.12. The lowest BCUT2D eigenvalue weighted by atomic mass is 10.2. The Morgan fingerprint density at radius 2 is 2.38 bits per heavy atom. The van der Waals surface area contributed by atoms with E-state index in [4.69, 9.17) is 14.2 Å². The van der Waals surface area contributed by atoms with Gasteiger partial charge in [-0.1, -0.05) is 0 Å². The average molecular weight is 182 g/mol. The second-order valence-corrected chi connectivity index (χ2v) is 2.84. The van der Waals surface area contributed by atoms with Crippen molar-refractivity contribution in [3.63, 3.8) is 0 Å². The third-order valence-electron chi connectivity index (χ3n) is 1.97. The largest absolute Gasteiger partial charge is 0.494 e. The lowest BCUT2D eigenvalue weighted by molar-refractivity contribution is -0.132. The van der Waals surface area contributed by atoms with E-state index in [-0.39, 0.29) is 0 Å². The van der Waals surface area contributed by atoms with Crippen molar-refractivity contribution in [1.82, 2.24) is 0 Å². The maximum Gasteiger partial charge on any atom is 0.340 e. The number of hydrogen-bond acceptors (Lipinski definition) is 4. The predicted molar refractivity (Wildman–Crippen MR) is 43.4 cm³/mol. The molecule has 1 saturated heterocycles. The van der Waals surface area contributed by atoms with Gasteiger partial charge in [-0.05, 0) is 6.42 Å². The van der Waals surface area contributed by atoms with Crippen molar-refractivity contribution < 1.29 is 19.0 Å². The zero-order valence-electron chi connectivity index (χ0n) is 7.33. The quantitative estimate of drug-likeness (QED) is 0.569. The SMILES string of the molecule is COC1=CC(=O)O/C1=C1/CCCO1. The highest BCUT2D eigenvalue weighted by Crippen LogP contribution is 2.29. The summed E-state index contributed by atoms with van der Waals surface area (Å²) in [4.78, 5) is 10.9. The molecule has 0 spiro atoms. The fourth-order valence-electron chi connectivity index (χ4n) is 1.38. The van der Waals surface area contributed by atoms with Gasteiger partial charge >= 0.3 is 5.97 Å². The molecule has 0 aromatic carbocycles. The summed E-state index contributed by atoms with van der Waals surface area (Å²) in [6.07, 6.45) is 3.10. The van der Waals surface area contributed by atoms with Crippen LogP contribution in [0.1, 0.15) is 12.8 Å². The van der Waals surface area contributed by atoms with Gasteiger partial charge in [-0.25, -0.2) is 4.79 Å². The first kappa shape index (κ1) is 8.16. The Bertz CT molecular complexity index is 293. The third kappa shape index (κ3) is 1.39. The van der Waals surface area contributed by atoms with Gasteiger partial charge in [0.25, 0.3) is 0 Å². The maximum absolute atomic E-state index is 10.9. The van der Waals surface area contributed by atoms with Crippen LogP contribution in [0.3, 0.4) is 0 Å². The number of esters is 1. The van der Waals surface area contributed by atoms with Crippen LogP contribution in [0.2, 0.25) is 0 Å². The highest BCUT2D eigenvalue weighted by Gasteiger charge is 2.27. The van der Waals surface area contributed by atoms with Crippen molar-refractivity contribution in [1.29, 1.82) is 0 Å². The molecule has 0 aliphatic carbocycles. The normalized spacial score (nSPS) is 26.8. The van der Waals surface area contributed by atoms with E-state index in [1.54, 1.807) is 0 Å². The molecular weight excluding hydrogens is 172 g/mol. The van der Waals surface area contributed by atoms with Crippen molar-refractivity contribution in [2.24, 2.45) is 0 Å². The van der Waals surface area contributed by atoms with E-state index < -0.39 is 5.97 Å². The van der Waals surface area contributed by atoms with Crippen LogP contribution in [0.5, 0.6) is 0 Å². The molecule has 13 heavy (non-hydrogen) atoms.